The number of aliphatic carboxylic acids is 1. The molecule has 8 nitrogen and oxygen atoms in total. The second-order valence-corrected chi connectivity index (χ2v) is 8.77. The van der Waals surface area contributed by atoms with Gasteiger partial charge in [-0.15, -0.1) is 11.3 Å². The fourth-order valence-corrected chi connectivity index (χ4v) is 4.97. The van der Waals surface area contributed by atoms with Gasteiger partial charge >= 0.3 is 12.1 Å². The molecule has 0 saturated carbocycles. The van der Waals surface area contributed by atoms with Crippen LogP contribution in [-0.4, -0.2) is 59.4 Å². The number of fused-ring (bicyclic) bond motifs is 3. The van der Waals surface area contributed by atoms with Crippen molar-refractivity contribution >= 4 is 29.3 Å². The molecule has 0 radical (unpaired) electrons. The molecule has 1 heterocycles. The van der Waals surface area contributed by atoms with Crippen LogP contribution in [0.1, 0.15) is 28.0 Å². The number of carboxylic acids is 1. The predicted molar refractivity (Wildman–Crippen MR) is 127 cm³/mol. The number of aliphatic hydroxyl groups is 1. The van der Waals surface area contributed by atoms with Crippen molar-refractivity contribution < 1.29 is 29.3 Å². The van der Waals surface area contributed by atoms with Gasteiger partial charge in [-0.05, 0) is 33.7 Å². The van der Waals surface area contributed by atoms with Gasteiger partial charge in [0.25, 0.3) is 5.91 Å². The molecule has 9 heteroatoms. The summed E-state index contributed by atoms with van der Waals surface area (Å²) in [6.07, 6.45) is -0.784. The molecule has 0 bridgehead atoms. The molecule has 2 amide bonds. The number of thiophene rings is 1. The van der Waals surface area contributed by atoms with Crippen LogP contribution in [0.5, 0.6) is 0 Å². The first-order valence-corrected chi connectivity index (χ1v) is 11.6. The largest absolute Gasteiger partial charge is 0.480 e. The van der Waals surface area contributed by atoms with Crippen molar-refractivity contribution in [2.24, 2.45) is 0 Å². The molecule has 0 aliphatic heterocycles. The van der Waals surface area contributed by atoms with Crippen molar-refractivity contribution in [1.29, 1.82) is 0 Å². The molecule has 0 spiro atoms. The molecular formula is C25H24N2O6S. The van der Waals surface area contributed by atoms with Crippen LogP contribution in [0.4, 0.5) is 4.79 Å². The number of benzene rings is 2. The smallest absolute Gasteiger partial charge is 0.408 e. The van der Waals surface area contributed by atoms with Crippen LogP contribution < -0.4 is 5.32 Å². The number of ether oxygens (including phenoxy) is 1. The van der Waals surface area contributed by atoms with Gasteiger partial charge in [0, 0.05) is 17.3 Å². The molecule has 1 atom stereocenters. The number of hydrogen-bond acceptors (Lipinski definition) is 6. The number of hydrogen-bond donors (Lipinski definition) is 3. The summed E-state index contributed by atoms with van der Waals surface area (Å²) in [6.45, 7) is -1.07. The normalized spacial score (nSPS) is 13.0. The van der Waals surface area contributed by atoms with E-state index in [0.717, 1.165) is 27.2 Å². The van der Waals surface area contributed by atoms with E-state index in [9.17, 15) is 19.5 Å². The molecule has 3 N–H and O–H groups in total. The topological polar surface area (TPSA) is 116 Å². The van der Waals surface area contributed by atoms with Crippen molar-refractivity contribution in [3.05, 3.63) is 82.0 Å². The van der Waals surface area contributed by atoms with Gasteiger partial charge in [0.15, 0.2) is 0 Å². The van der Waals surface area contributed by atoms with Crippen molar-refractivity contribution in [1.82, 2.24) is 10.2 Å². The number of alkyl carbamates (subject to hydrolysis) is 1. The zero-order chi connectivity index (χ0) is 24.1. The Labute approximate surface area is 200 Å². The second kappa shape index (κ2) is 10.5. The SMILES string of the molecule is O=C(O)CN(CCO)C(=O)C(NC(=O)OCC1c2ccccc2-c2ccccc21)c1cccs1. The second-order valence-electron chi connectivity index (χ2n) is 7.80. The highest BCUT2D eigenvalue weighted by atomic mass is 32.1. The van der Waals surface area contributed by atoms with Crippen molar-refractivity contribution in [3.8, 4) is 11.1 Å². The maximum Gasteiger partial charge on any atom is 0.408 e. The Balaban J connectivity index is 1.49. The lowest BCUT2D eigenvalue weighted by atomic mass is 9.98. The number of carboxylic acid groups (broad SMARTS) is 1. The highest BCUT2D eigenvalue weighted by molar-refractivity contribution is 7.10. The van der Waals surface area contributed by atoms with Crippen molar-refractivity contribution in [2.45, 2.75) is 12.0 Å². The highest BCUT2D eigenvalue weighted by Gasteiger charge is 2.32. The van der Waals surface area contributed by atoms with Gasteiger partial charge in [-0.3, -0.25) is 9.59 Å². The van der Waals surface area contributed by atoms with E-state index in [0.29, 0.717) is 4.88 Å². The minimum atomic E-state index is -1.21. The number of carbonyl (C=O) groups excluding carboxylic acids is 2. The Hall–Kier alpha value is -3.69. The van der Waals surface area contributed by atoms with Crippen LogP contribution in [0, 0.1) is 0 Å². The Morgan fingerprint density at radius 3 is 2.21 bits per heavy atom. The van der Waals surface area contributed by atoms with Crippen LogP contribution in [0.15, 0.2) is 66.0 Å². The lowest BCUT2D eigenvalue weighted by Gasteiger charge is -2.25. The van der Waals surface area contributed by atoms with E-state index >= 15 is 0 Å². The number of nitrogens with zero attached hydrogens (tertiary/aromatic N) is 1. The van der Waals surface area contributed by atoms with E-state index in [1.165, 1.54) is 11.3 Å². The van der Waals surface area contributed by atoms with Crippen LogP contribution in [0.25, 0.3) is 11.1 Å². The molecule has 2 aromatic carbocycles. The third-order valence-electron chi connectivity index (χ3n) is 5.69. The maximum atomic E-state index is 13.1. The Morgan fingerprint density at radius 2 is 1.65 bits per heavy atom. The van der Waals surface area contributed by atoms with Crippen LogP contribution >= 0.6 is 11.3 Å². The van der Waals surface area contributed by atoms with E-state index in [4.69, 9.17) is 9.84 Å². The number of aliphatic hydroxyl groups excluding tert-OH is 1. The lowest BCUT2D eigenvalue weighted by Crippen LogP contribution is -2.46. The summed E-state index contributed by atoms with van der Waals surface area (Å²) in [5.41, 5.74) is 4.34. The third kappa shape index (κ3) is 4.95. The predicted octanol–water partition coefficient (Wildman–Crippen LogP) is 3.23. The molecule has 3 aromatic rings. The number of nitrogens with one attached hydrogen (secondary N) is 1. The minimum Gasteiger partial charge on any atom is -0.480 e. The quantitative estimate of drug-likeness (QED) is 0.433. The average Bonchev–Trinajstić information content (AvgIpc) is 3.47. The minimum absolute atomic E-state index is 0.0840. The van der Waals surface area contributed by atoms with Gasteiger partial charge in [-0.25, -0.2) is 4.79 Å². The van der Waals surface area contributed by atoms with Crippen molar-refractivity contribution in [2.75, 3.05) is 26.3 Å². The first-order chi connectivity index (χ1) is 16.5. The molecule has 1 aliphatic rings. The van der Waals surface area contributed by atoms with E-state index in [2.05, 4.69) is 5.32 Å². The van der Waals surface area contributed by atoms with E-state index in [1.54, 1.807) is 17.5 Å². The van der Waals surface area contributed by atoms with E-state index < -0.39 is 37.2 Å². The van der Waals surface area contributed by atoms with E-state index in [1.807, 2.05) is 48.5 Å². The Kier molecular flexibility index (Phi) is 7.24. The van der Waals surface area contributed by atoms with Gasteiger partial charge < -0.3 is 25.2 Å². The van der Waals surface area contributed by atoms with Gasteiger partial charge in [-0.1, -0.05) is 54.6 Å². The van der Waals surface area contributed by atoms with Gasteiger partial charge in [0.05, 0.1) is 6.61 Å². The average molecular weight is 481 g/mol. The summed E-state index contributed by atoms with van der Waals surface area (Å²) < 4.78 is 5.56. The van der Waals surface area contributed by atoms with Crippen LogP contribution in [-0.2, 0) is 14.3 Å². The molecule has 176 valence electrons. The Bertz CT molecular complexity index is 1130. The fraction of sp³-hybridized carbons (Fsp3) is 0.240. The summed E-state index contributed by atoms with van der Waals surface area (Å²) in [7, 11) is 0. The first-order valence-electron chi connectivity index (χ1n) is 10.8. The lowest BCUT2D eigenvalue weighted by molar-refractivity contribution is -0.145. The number of amides is 2. The summed E-state index contributed by atoms with van der Waals surface area (Å²) in [4.78, 5) is 38.6. The molecule has 34 heavy (non-hydrogen) atoms. The monoisotopic (exact) mass is 480 g/mol. The fourth-order valence-electron chi connectivity index (χ4n) is 4.20. The maximum absolute atomic E-state index is 13.1. The van der Waals surface area contributed by atoms with Crippen LogP contribution in [0.2, 0.25) is 0 Å². The molecular weight excluding hydrogens is 456 g/mol. The third-order valence-corrected chi connectivity index (χ3v) is 6.63. The van der Waals surface area contributed by atoms with E-state index in [-0.39, 0.29) is 19.1 Å². The van der Waals surface area contributed by atoms with Crippen LogP contribution in [0.3, 0.4) is 0 Å². The zero-order valence-electron chi connectivity index (χ0n) is 18.2. The standard InChI is InChI=1S/C25H24N2O6S/c28-12-11-27(14-22(29)30)24(31)23(21-10-5-13-34-21)26-25(32)33-15-20-18-8-3-1-6-16(18)17-7-2-4-9-19(17)20/h1-10,13,20,23,28H,11-12,14-15H2,(H,26,32)(H,29,30). The molecule has 1 aliphatic carbocycles. The first kappa shape index (κ1) is 23.5. The van der Waals surface area contributed by atoms with Gasteiger partial charge in [-0.2, -0.15) is 0 Å². The summed E-state index contributed by atoms with van der Waals surface area (Å²) in [5.74, 6) is -1.98. The summed E-state index contributed by atoms with van der Waals surface area (Å²) >= 11 is 1.25. The number of carbonyl (C=O) groups is 3. The molecule has 1 aromatic heterocycles. The van der Waals surface area contributed by atoms with Crippen molar-refractivity contribution in [3.63, 3.8) is 0 Å². The molecule has 4 rings (SSSR count). The molecule has 1 unspecified atom stereocenters. The highest BCUT2D eigenvalue weighted by Crippen LogP contribution is 2.44. The molecule has 0 fully saturated rings. The number of rotatable bonds is 9. The van der Waals surface area contributed by atoms with Gasteiger partial charge in [0.1, 0.15) is 19.2 Å². The molecule has 0 saturated heterocycles. The zero-order valence-corrected chi connectivity index (χ0v) is 19.0. The Morgan fingerprint density at radius 1 is 1.00 bits per heavy atom. The summed E-state index contributed by atoms with van der Waals surface area (Å²) in [5, 5.41) is 22.7. The summed E-state index contributed by atoms with van der Waals surface area (Å²) in [6, 6.07) is 18.2. The van der Waals surface area contributed by atoms with Gasteiger partial charge in [0.2, 0.25) is 0 Å².